The molecular weight excluding hydrogens is 261 g/mol. The van der Waals surface area contributed by atoms with Crippen molar-refractivity contribution in [3.05, 3.63) is 34.8 Å². The highest BCUT2D eigenvalue weighted by Crippen LogP contribution is 2.27. The van der Waals surface area contributed by atoms with Gasteiger partial charge in [0.05, 0.1) is 0 Å². The molecule has 0 amide bonds. The molecule has 0 aliphatic carbocycles. The molecule has 4 nitrogen and oxygen atoms in total. The normalized spacial score (nSPS) is 10.9. The first kappa shape index (κ1) is 14.2. The maximum absolute atomic E-state index is 13.5. The zero-order chi connectivity index (χ0) is 14.9. The number of Topliss-reactive ketones (excluding diaryl/α,β-unsaturated/α-hetero) is 1. The molecule has 0 saturated carbocycles. The minimum absolute atomic E-state index is 0.0731. The molecule has 1 aromatic heterocycles. The molecule has 2 aromatic rings. The molecule has 0 aliphatic heterocycles. The van der Waals surface area contributed by atoms with E-state index >= 15 is 0 Å². The van der Waals surface area contributed by atoms with E-state index in [-0.39, 0.29) is 17.3 Å². The molecule has 106 valence electrons. The van der Waals surface area contributed by atoms with Crippen molar-refractivity contribution in [1.29, 1.82) is 0 Å². The highest BCUT2D eigenvalue weighted by atomic mass is 19.1. The van der Waals surface area contributed by atoms with Crippen LogP contribution < -0.4 is 0 Å². The van der Waals surface area contributed by atoms with E-state index in [2.05, 4.69) is 4.98 Å². The molecule has 2 N–H and O–H groups in total. The van der Waals surface area contributed by atoms with Crippen molar-refractivity contribution in [2.75, 3.05) is 0 Å². The Hall–Kier alpha value is -2.17. The summed E-state index contributed by atoms with van der Waals surface area (Å²) in [6.07, 6.45) is 1.47. The van der Waals surface area contributed by atoms with E-state index in [1.807, 2.05) is 0 Å². The number of aromatic nitrogens is 1. The second-order valence-corrected chi connectivity index (χ2v) is 4.99. The van der Waals surface area contributed by atoms with Gasteiger partial charge >= 0.3 is 5.97 Å². The van der Waals surface area contributed by atoms with Gasteiger partial charge in [-0.1, -0.05) is 0 Å². The van der Waals surface area contributed by atoms with Gasteiger partial charge in [-0.2, -0.15) is 0 Å². The van der Waals surface area contributed by atoms with Crippen LogP contribution >= 0.6 is 0 Å². The van der Waals surface area contributed by atoms with Crippen molar-refractivity contribution in [1.82, 2.24) is 4.98 Å². The number of hydrogen-bond acceptors (Lipinski definition) is 2. The van der Waals surface area contributed by atoms with Gasteiger partial charge in [-0.15, -0.1) is 0 Å². The number of carbonyl (C=O) groups is 2. The zero-order valence-corrected chi connectivity index (χ0v) is 11.4. The van der Waals surface area contributed by atoms with Gasteiger partial charge in [0.2, 0.25) is 0 Å². The lowest BCUT2D eigenvalue weighted by atomic mass is 10.0. The monoisotopic (exact) mass is 277 g/mol. The van der Waals surface area contributed by atoms with Gasteiger partial charge in [-0.05, 0) is 49.9 Å². The summed E-state index contributed by atoms with van der Waals surface area (Å²) in [6, 6.07) is 2.96. The molecule has 0 unspecified atom stereocenters. The second-order valence-electron chi connectivity index (χ2n) is 4.99. The third-order valence-electron chi connectivity index (χ3n) is 3.35. The molecular formula is C15H16FNO3. The van der Waals surface area contributed by atoms with E-state index in [1.54, 1.807) is 13.0 Å². The van der Waals surface area contributed by atoms with Gasteiger partial charge in [0.1, 0.15) is 17.3 Å². The largest absolute Gasteiger partial charge is 0.477 e. The standard InChI is InChI=1S/C15H16FNO3/c1-8-6-11-10(5-3-4-9(2)18)14(15(19)20)17-13(11)7-12(8)16/h6-7,17H,3-5H2,1-2H3,(H,19,20). The summed E-state index contributed by atoms with van der Waals surface area (Å²) in [4.78, 5) is 25.0. The predicted octanol–water partition coefficient (Wildman–Crippen LogP) is 3.23. The van der Waals surface area contributed by atoms with E-state index in [9.17, 15) is 19.1 Å². The second kappa shape index (κ2) is 5.45. The van der Waals surface area contributed by atoms with Crippen molar-refractivity contribution in [2.45, 2.75) is 33.1 Å². The van der Waals surface area contributed by atoms with Gasteiger partial charge in [-0.3, -0.25) is 0 Å². The fourth-order valence-corrected chi connectivity index (χ4v) is 2.34. The number of ketones is 1. The minimum Gasteiger partial charge on any atom is -0.477 e. The summed E-state index contributed by atoms with van der Waals surface area (Å²) in [5, 5.41) is 9.93. The Bertz CT molecular complexity index is 688. The quantitative estimate of drug-likeness (QED) is 0.881. The maximum Gasteiger partial charge on any atom is 0.352 e. The number of rotatable bonds is 5. The summed E-state index contributed by atoms with van der Waals surface area (Å²) in [7, 11) is 0. The van der Waals surface area contributed by atoms with Gasteiger partial charge < -0.3 is 14.9 Å². The molecule has 0 radical (unpaired) electrons. The number of fused-ring (bicyclic) bond motifs is 1. The third kappa shape index (κ3) is 2.71. The van der Waals surface area contributed by atoms with Crippen LogP contribution in [0.2, 0.25) is 0 Å². The first-order chi connectivity index (χ1) is 9.40. The zero-order valence-electron chi connectivity index (χ0n) is 11.4. The van der Waals surface area contributed by atoms with Crippen molar-refractivity contribution >= 4 is 22.7 Å². The maximum atomic E-state index is 13.5. The fourth-order valence-electron chi connectivity index (χ4n) is 2.34. The van der Waals surface area contributed by atoms with Crippen molar-refractivity contribution in [3.8, 4) is 0 Å². The Kier molecular flexibility index (Phi) is 3.88. The number of carboxylic acid groups (broad SMARTS) is 1. The van der Waals surface area contributed by atoms with E-state index in [0.717, 1.165) is 0 Å². The van der Waals surface area contributed by atoms with Crippen LogP contribution in [0.5, 0.6) is 0 Å². The Morgan fingerprint density at radius 2 is 2.05 bits per heavy atom. The molecule has 0 saturated heterocycles. The van der Waals surface area contributed by atoms with Crippen molar-refractivity contribution < 1.29 is 19.1 Å². The van der Waals surface area contributed by atoms with Crippen LogP contribution in [0.4, 0.5) is 4.39 Å². The number of benzene rings is 1. The summed E-state index contributed by atoms with van der Waals surface area (Å²) >= 11 is 0. The van der Waals surface area contributed by atoms with Gasteiger partial charge in [0.25, 0.3) is 0 Å². The first-order valence-corrected chi connectivity index (χ1v) is 6.43. The molecule has 2 rings (SSSR count). The number of H-pyrrole nitrogens is 1. The molecule has 0 fully saturated rings. The topological polar surface area (TPSA) is 70.2 Å². The van der Waals surface area contributed by atoms with E-state index < -0.39 is 5.97 Å². The van der Waals surface area contributed by atoms with Gasteiger partial charge in [0.15, 0.2) is 0 Å². The molecule has 0 bridgehead atoms. The number of carboxylic acids is 1. The Morgan fingerprint density at radius 3 is 2.65 bits per heavy atom. The molecule has 20 heavy (non-hydrogen) atoms. The lowest BCUT2D eigenvalue weighted by molar-refractivity contribution is -0.117. The van der Waals surface area contributed by atoms with E-state index in [4.69, 9.17) is 0 Å². The lowest BCUT2D eigenvalue weighted by Crippen LogP contribution is -2.02. The number of aromatic amines is 1. The molecule has 0 aliphatic rings. The number of halogens is 1. The summed E-state index contributed by atoms with van der Waals surface area (Å²) in [5.74, 6) is -1.37. The number of hydrogen-bond donors (Lipinski definition) is 2. The summed E-state index contributed by atoms with van der Waals surface area (Å²) in [6.45, 7) is 3.15. The highest BCUT2D eigenvalue weighted by Gasteiger charge is 2.18. The molecule has 1 aromatic carbocycles. The SMILES string of the molecule is CC(=O)CCCc1c(C(=O)O)[nH]c2cc(F)c(C)cc12. The minimum atomic E-state index is -1.07. The molecule has 0 spiro atoms. The predicted molar refractivity (Wildman–Crippen MR) is 73.6 cm³/mol. The van der Waals surface area contributed by atoms with Crippen molar-refractivity contribution in [2.24, 2.45) is 0 Å². The third-order valence-corrected chi connectivity index (χ3v) is 3.35. The average molecular weight is 277 g/mol. The number of aryl methyl sites for hydroxylation is 2. The summed E-state index contributed by atoms with van der Waals surface area (Å²) < 4.78 is 13.5. The van der Waals surface area contributed by atoms with Crippen LogP contribution in [0.25, 0.3) is 10.9 Å². The highest BCUT2D eigenvalue weighted by molar-refractivity contribution is 5.97. The fraction of sp³-hybridized carbons (Fsp3) is 0.333. The van der Waals surface area contributed by atoms with E-state index in [0.29, 0.717) is 41.3 Å². The van der Waals surface area contributed by atoms with Crippen LogP contribution in [0.15, 0.2) is 12.1 Å². The van der Waals surface area contributed by atoms with E-state index in [1.165, 1.54) is 13.0 Å². The number of nitrogens with one attached hydrogen (secondary N) is 1. The Morgan fingerprint density at radius 1 is 1.35 bits per heavy atom. The Labute approximate surface area is 115 Å². The van der Waals surface area contributed by atoms with Gasteiger partial charge in [0, 0.05) is 17.3 Å². The Balaban J connectivity index is 2.47. The molecule has 0 atom stereocenters. The summed E-state index contributed by atoms with van der Waals surface area (Å²) in [5.41, 5.74) is 1.66. The lowest BCUT2D eigenvalue weighted by Gasteiger charge is -2.02. The van der Waals surface area contributed by atoms with Crippen LogP contribution in [0, 0.1) is 12.7 Å². The molecule has 5 heteroatoms. The van der Waals surface area contributed by atoms with Crippen LogP contribution in [-0.4, -0.2) is 21.8 Å². The van der Waals surface area contributed by atoms with Crippen molar-refractivity contribution in [3.63, 3.8) is 0 Å². The number of carbonyl (C=O) groups excluding carboxylic acids is 1. The van der Waals surface area contributed by atoms with Crippen LogP contribution in [-0.2, 0) is 11.2 Å². The first-order valence-electron chi connectivity index (χ1n) is 6.43. The van der Waals surface area contributed by atoms with Crippen LogP contribution in [0.3, 0.4) is 0 Å². The van der Waals surface area contributed by atoms with Crippen LogP contribution in [0.1, 0.15) is 41.4 Å². The average Bonchev–Trinajstić information content (AvgIpc) is 2.68. The smallest absolute Gasteiger partial charge is 0.352 e. The van der Waals surface area contributed by atoms with Gasteiger partial charge in [-0.25, -0.2) is 9.18 Å². The molecule has 1 heterocycles. The number of aromatic carboxylic acids is 1.